The molecule has 4 rings (SSSR count). The molecule has 26 heavy (non-hydrogen) atoms. The molecule has 1 aliphatic heterocycles. The zero-order valence-corrected chi connectivity index (χ0v) is 16.0. The molecule has 0 aliphatic carbocycles. The molecule has 5 heteroatoms. The van der Waals surface area contributed by atoms with Crippen molar-refractivity contribution in [3.05, 3.63) is 82.5 Å². The van der Waals surface area contributed by atoms with Crippen LogP contribution in [0.2, 0.25) is 5.02 Å². The Morgan fingerprint density at radius 1 is 1.23 bits per heavy atom. The number of oxazole rings is 1. The Hall–Kier alpha value is -1.97. The van der Waals surface area contributed by atoms with Crippen molar-refractivity contribution in [1.82, 2.24) is 4.98 Å². The molecule has 2 unspecified atom stereocenters. The first-order chi connectivity index (χ1) is 12.5. The van der Waals surface area contributed by atoms with E-state index in [1.165, 1.54) is 16.8 Å². The number of benzene rings is 2. The second kappa shape index (κ2) is 6.98. The van der Waals surface area contributed by atoms with Gasteiger partial charge >= 0.3 is 0 Å². The normalized spacial score (nSPS) is 20.3. The number of hydrogen-bond donors (Lipinski definition) is 1. The fourth-order valence-electron chi connectivity index (χ4n) is 3.52. The molecule has 0 fully saturated rings. The van der Waals surface area contributed by atoms with E-state index in [2.05, 4.69) is 35.4 Å². The van der Waals surface area contributed by atoms with Gasteiger partial charge in [-0.15, -0.1) is 11.6 Å². The zero-order valence-electron chi connectivity index (χ0n) is 14.5. The molecule has 0 saturated heterocycles. The van der Waals surface area contributed by atoms with Crippen LogP contribution in [0.15, 0.2) is 59.3 Å². The van der Waals surface area contributed by atoms with Crippen LogP contribution in [0.1, 0.15) is 35.4 Å². The summed E-state index contributed by atoms with van der Waals surface area (Å²) in [6.45, 7) is 2.85. The summed E-state index contributed by atoms with van der Waals surface area (Å²) in [5.41, 5.74) is 4.80. The summed E-state index contributed by atoms with van der Waals surface area (Å²) in [5.74, 6) is 0.754. The highest BCUT2D eigenvalue weighted by molar-refractivity contribution is 6.30. The quantitative estimate of drug-likeness (QED) is 0.587. The smallest absolute Gasteiger partial charge is 0.201 e. The summed E-state index contributed by atoms with van der Waals surface area (Å²) in [6.07, 6.45) is 4.96. The third-order valence-electron chi connectivity index (χ3n) is 4.84. The van der Waals surface area contributed by atoms with E-state index in [-0.39, 0.29) is 10.8 Å². The van der Waals surface area contributed by atoms with Gasteiger partial charge in [0.1, 0.15) is 6.26 Å². The lowest BCUT2D eigenvalue weighted by Crippen LogP contribution is -2.34. The predicted molar refractivity (Wildman–Crippen MR) is 106 cm³/mol. The lowest BCUT2D eigenvalue weighted by Gasteiger charge is -2.30. The van der Waals surface area contributed by atoms with Crippen LogP contribution < -0.4 is 5.32 Å². The van der Waals surface area contributed by atoms with E-state index < -0.39 is 0 Å². The molecule has 1 aromatic heterocycles. The summed E-state index contributed by atoms with van der Waals surface area (Å²) in [6, 6.07) is 14.4. The number of alkyl halides is 1. The number of nitrogens with one attached hydrogen (secondary N) is 1. The van der Waals surface area contributed by atoms with Gasteiger partial charge in [0.05, 0.1) is 17.0 Å². The lowest BCUT2D eigenvalue weighted by molar-refractivity contribution is 0.468. The van der Waals surface area contributed by atoms with Crippen LogP contribution in [-0.2, 0) is 12.8 Å². The van der Waals surface area contributed by atoms with Crippen LogP contribution in [0.5, 0.6) is 0 Å². The molecule has 134 valence electrons. The van der Waals surface area contributed by atoms with Crippen molar-refractivity contribution in [2.75, 3.05) is 11.9 Å². The molecule has 2 atom stereocenters. The van der Waals surface area contributed by atoms with Crippen molar-refractivity contribution in [3.8, 4) is 0 Å². The maximum Gasteiger partial charge on any atom is 0.201 e. The standard InChI is InChI=1S/C21H20Cl2N2O/c1-21(23)12-16-10-14(2-7-19(16)25-13-21)11-18(20-24-8-9-26-20)15-3-5-17(22)6-4-15/h2-10,18,25H,11-13H2,1H3. The molecule has 1 N–H and O–H groups in total. The molecule has 0 spiro atoms. The highest BCUT2D eigenvalue weighted by Crippen LogP contribution is 2.34. The fourth-order valence-corrected chi connectivity index (χ4v) is 3.85. The van der Waals surface area contributed by atoms with E-state index in [0.29, 0.717) is 5.89 Å². The fraction of sp³-hybridized carbons (Fsp3) is 0.286. The van der Waals surface area contributed by atoms with Crippen molar-refractivity contribution in [2.24, 2.45) is 0 Å². The third-order valence-corrected chi connectivity index (χ3v) is 5.36. The van der Waals surface area contributed by atoms with Gasteiger partial charge in [-0.3, -0.25) is 0 Å². The van der Waals surface area contributed by atoms with Crippen LogP contribution >= 0.6 is 23.2 Å². The van der Waals surface area contributed by atoms with E-state index >= 15 is 0 Å². The van der Waals surface area contributed by atoms with Crippen LogP contribution in [0.3, 0.4) is 0 Å². The van der Waals surface area contributed by atoms with Crippen LogP contribution in [0, 0.1) is 0 Å². The number of fused-ring (bicyclic) bond motifs is 1. The predicted octanol–water partition coefficient (Wildman–Crippen LogP) is 5.67. The lowest BCUT2D eigenvalue weighted by atomic mass is 9.88. The maximum absolute atomic E-state index is 6.55. The molecule has 1 aliphatic rings. The van der Waals surface area contributed by atoms with Gasteiger partial charge in [0.2, 0.25) is 5.89 Å². The number of nitrogens with zero attached hydrogens (tertiary/aromatic N) is 1. The number of rotatable bonds is 4. The van der Waals surface area contributed by atoms with Crippen LogP contribution in [0.25, 0.3) is 0 Å². The summed E-state index contributed by atoms with van der Waals surface area (Å²) >= 11 is 12.6. The number of hydrogen-bond acceptors (Lipinski definition) is 3. The van der Waals surface area contributed by atoms with E-state index in [9.17, 15) is 0 Å². The van der Waals surface area contributed by atoms with Crippen molar-refractivity contribution in [1.29, 1.82) is 0 Å². The van der Waals surface area contributed by atoms with Crippen molar-refractivity contribution in [2.45, 2.75) is 30.6 Å². The first kappa shape index (κ1) is 17.4. The average Bonchev–Trinajstić information content (AvgIpc) is 3.14. The SMILES string of the molecule is CC1(Cl)CNc2ccc(CC(c3ccc(Cl)cc3)c3ncco3)cc2C1. The van der Waals surface area contributed by atoms with Gasteiger partial charge in [-0.1, -0.05) is 35.9 Å². The van der Waals surface area contributed by atoms with E-state index in [4.69, 9.17) is 27.6 Å². The van der Waals surface area contributed by atoms with E-state index in [1.807, 2.05) is 24.3 Å². The molecule has 3 aromatic rings. The van der Waals surface area contributed by atoms with Gasteiger partial charge in [-0.25, -0.2) is 4.98 Å². The number of halogens is 2. The van der Waals surface area contributed by atoms with Gasteiger partial charge in [-0.2, -0.15) is 0 Å². The summed E-state index contributed by atoms with van der Waals surface area (Å²) in [7, 11) is 0. The van der Waals surface area contributed by atoms with Gasteiger partial charge in [0.25, 0.3) is 0 Å². The Labute approximate surface area is 163 Å². The molecule has 2 aromatic carbocycles. The van der Waals surface area contributed by atoms with Crippen molar-refractivity contribution >= 4 is 28.9 Å². The summed E-state index contributed by atoms with van der Waals surface area (Å²) < 4.78 is 5.62. The Balaban J connectivity index is 1.65. The van der Waals surface area contributed by atoms with Crippen LogP contribution in [0.4, 0.5) is 5.69 Å². The molecular formula is C21H20Cl2N2O. The third kappa shape index (κ3) is 3.74. The number of anilines is 1. The Morgan fingerprint density at radius 2 is 2.04 bits per heavy atom. The highest BCUT2D eigenvalue weighted by Gasteiger charge is 2.28. The first-order valence-corrected chi connectivity index (χ1v) is 9.45. The van der Waals surface area contributed by atoms with Gasteiger partial charge in [-0.05, 0) is 54.7 Å². The van der Waals surface area contributed by atoms with Gasteiger partial charge < -0.3 is 9.73 Å². The van der Waals surface area contributed by atoms with Crippen molar-refractivity contribution < 1.29 is 4.42 Å². The average molecular weight is 387 g/mol. The second-order valence-corrected chi connectivity index (χ2v) is 8.46. The molecule has 0 radical (unpaired) electrons. The number of aromatic nitrogens is 1. The van der Waals surface area contributed by atoms with Gasteiger partial charge in [0.15, 0.2) is 0 Å². The monoisotopic (exact) mass is 386 g/mol. The van der Waals surface area contributed by atoms with E-state index in [0.717, 1.165) is 30.0 Å². The molecule has 2 heterocycles. The molecule has 0 bridgehead atoms. The topological polar surface area (TPSA) is 38.1 Å². The highest BCUT2D eigenvalue weighted by atomic mass is 35.5. The Kier molecular flexibility index (Phi) is 4.68. The molecule has 0 saturated carbocycles. The Bertz CT molecular complexity index is 889. The second-order valence-electron chi connectivity index (χ2n) is 7.11. The minimum absolute atomic E-state index is 0.0410. The minimum Gasteiger partial charge on any atom is -0.448 e. The van der Waals surface area contributed by atoms with Crippen LogP contribution in [-0.4, -0.2) is 16.4 Å². The minimum atomic E-state index is -0.246. The van der Waals surface area contributed by atoms with Gasteiger partial charge in [0, 0.05) is 17.3 Å². The zero-order chi connectivity index (χ0) is 18.1. The van der Waals surface area contributed by atoms with E-state index in [1.54, 1.807) is 12.5 Å². The van der Waals surface area contributed by atoms with Crippen molar-refractivity contribution in [3.63, 3.8) is 0 Å². The largest absolute Gasteiger partial charge is 0.448 e. The maximum atomic E-state index is 6.55. The summed E-state index contributed by atoms with van der Waals surface area (Å²) in [5, 5.41) is 4.14. The molecule has 3 nitrogen and oxygen atoms in total. The Morgan fingerprint density at radius 3 is 2.77 bits per heavy atom. The molecular weight excluding hydrogens is 367 g/mol. The molecule has 0 amide bonds. The first-order valence-electron chi connectivity index (χ1n) is 8.70. The summed E-state index contributed by atoms with van der Waals surface area (Å²) in [4.78, 5) is 4.14.